The number of rotatable bonds is 5. The highest BCUT2D eigenvalue weighted by atomic mass is 35.5. The normalized spacial score (nSPS) is 24.6. The molecule has 0 spiro atoms. The van der Waals surface area contributed by atoms with E-state index in [1.54, 1.807) is 6.07 Å². The topological polar surface area (TPSA) is 94.9 Å². The molecule has 11 heteroatoms. The molecular weight excluding hydrogens is 495 g/mol. The van der Waals surface area contributed by atoms with E-state index >= 15 is 0 Å². The van der Waals surface area contributed by atoms with E-state index in [2.05, 4.69) is 15.3 Å². The van der Waals surface area contributed by atoms with E-state index < -0.39 is 18.3 Å². The molecule has 1 amide bonds. The minimum Gasteiger partial charge on any atom is -0.469 e. The highest BCUT2D eigenvalue weighted by Crippen LogP contribution is 2.38. The molecule has 3 aliphatic rings. The summed E-state index contributed by atoms with van der Waals surface area (Å²) in [6.07, 6.45) is 2.70. The van der Waals surface area contributed by atoms with Gasteiger partial charge in [-0.1, -0.05) is 23.7 Å². The van der Waals surface area contributed by atoms with E-state index in [0.29, 0.717) is 28.4 Å². The second-order valence-corrected chi connectivity index (χ2v) is 11.5. The summed E-state index contributed by atoms with van der Waals surface area (Å²) in [6, 6.07) is 7.40. The van der Waals surface area contributed by atoms with Gasteiger partial charge >= 0.3 is 13.1 Å². The molecule has 9 nitrogen and oxygen atoms in total. The molecule has 37 heavy (non-hydrogen) atoms. The van der Waals surface area contributed by atoms with Crippen molar-refractivity contribution < 1.29 is 23.6 Å². The summed E-state index contributed by atoms with van der Waals surface area (Å²) in [4.78, 5) is 27.6. The summed E-state index contributed by atoms with van der Waals surface area (Å²) >= 11 is 6.72. The van der Waals surface area contributed by atoms with Gasteiger partial charge in [0.1, 0.15) is 0 Å². The third kappa shape index (κ3) is 4.80. The van der Waals surface area contributed by atoms with Crippen LogP contribution in [0.3, 0.4) is 0 Å². The Hall–Kier alpha value is -2.40. The van der Waals surface area contributed by atoms with Crippen LogP contribution in [0.15, 0.2) is 24.3 Å². The van der Waals surface area contributed by atoms with Crippen molar-refractivity contribution in [3.05, 3.63) is 40.7 Å². The van der Waals surface area contributed by atoms with E-state index in [1.807, 2.05) is 50.6 Å². The number of carbonyl (C=O) groups is 2. The smallest absolute Gasteiger partial charge is 0.469 e. The molecule has 0 unspecified atom stereocenters. The largest absolute Gasteiger partial charge is 0.496 e. The second kappa shape index (κ2) is 9.73. The van der Waals surface area contributed by atoms with Crippen LogP contribution < -0.4 is 10.8 Å². The van der Waals surface area contributed by atoms with Crippen molar-refractivity contribution in [3.8, 4) is 0 Å². The van der Waals surface area contributed by atoms with Crippen molar-refractivity contribution in [2.45, 2.75) is 70.7 Å². The standard InChI is InChI=1S/C26H34BClN4O5/c1-25(2)26(3,4)37-27(36-25)17-8-6-9-18(22(17)28)29-23(33)19-14-21-20(10-7-12-32(21)30-19)31-13-11-16(15-31)24(34)35-5/h6,8-9,14,16,20H,7,10-13,15H2,1-5H3,(H,29,33)/t16-,20-/m1/s1. The Kier molecular flexibility index (Phi) is 6.89. The number of amides is 1. The molecule has 0 aliphatic carbocycles. The molecule has 2 fully saturated rings. The zero-order chi connectivity index (χ0) is 26.5. The molecule has 0 saturated carbocycles. The number of nitrogens with one attached hydrogen (secondary N) is 1. The fourth-order valence-electron chi connectivity index (χ4n) is 5.36. The molecular formula is C26H34BClN4O5. The number of anilines is 1. The predicted octanol–water partition coefficient (Wildman–Crippen LogP) is 3.42. The lowest BCUT2D eigenvalue weighted by Crippen LogP contribution is -2.41. The van der Waals surface area contributed by atoms with Crippen LogP contribution in [0.4, 0.5) is 5.69 Å². The number of carbonyl (C=O) groups excluding carboxylic acids is 2. The number of fused-ring (bicyclic) bond motifs is 1. The highest BCUT2D eigenvalue weighted by Gasteiger charge is 2.52. The summed E-state index contributed by atoms with van der Waals surface area (Å²) in [5.41, 5.74) is 1.47. The summed E-state index contributed by atoms with van der Waals surface area (Å²) in [7, 11) is 0.799. The number of benzene rings is 1. The lowest BCUT2D eigenvalue weighted by atomic mass is 9.79. The first-order valence-corrected chi connectivity index (χ1v) is 13.2. The molecule has 0 bridgehead atoms. The minimum atomic E-state index is -0.635. The minimum absolute atomic E-state index is 0.107. The van der Waals surface area contributed by atoms with Crippen molar-refractivity contribution >= 4 is 41.7 Å². The fraction of sp³-hybridized carbons (Fsp3) is 0.577. The van der Waals surface area contributed by atoms with Gasteiger partial charge in [-0.15, -0.1) is 0 Å². The monoisotopic (exact) mass is 528 g/mol. The van der Waals surface area contributed by atoms with Crippen molar-refractivity contribution in [1.29, 1.82) is 0 Å². The molecule has 1 aromatic heterocycles. The van der Waals surface area contributed by atoms with E-state index in [4.69, 9.17) is 25.6 Å². The summed E-state index contributed by atoms with van der Waals surface area (Å²) < 4.78 is 19.2. The molecule has 198 valence electrons. The van der Waals surface area contributed by atoms with E-state index in [9.17, 15) is 9.59 Å². The molecule has 0 radical (unpaired) electrons. The highest BCUT2D eigenvalue weighted by molar-refractivity contribution is 6.66. The maximum absolute atomic E-state index is 13.2. The summed E-state index contributed by atoms with van der Waals surface area (Å²) in [5.74, 6) is -0.599. The van der Waals surface area contributed by atoms with Gasteiger partial charge in [-0.2, -0.15) is 5.10 Å². The number of aromatic nitrogens is 2. The number of ether oxygens (including phenoxy) is 1. The molecule has 2 saturated heterocycles. The Morgan fingerprint density at radius 2 is 1.89 bits per heavy atom. The fourth-order valence-corrected chi connectivity index (χ4v) is 5.62. The van der Waals surface area contributed by atoms with Gasteiger partial charge in [-0.3, -0.25) is 19.2 Å². The first-order chi connectivity index (χ1) is 17.5. The molecule has 3 aliphatic heterocycles. The number of aryl methyl sites for hydroxylation is 1. The van der Waals surface area contributed by atoms with Crippen LogP contribution in [0, 0.1) is 5.92 Å². The Morgan fingerprint density at radius 1 is 1.16 bits per heavy atom. The van der Waals surface area contributed by atoms with Gasteiger partial charge < -0.3 is 19.4 Å². The van der Waals surface area contributed by atoms with Crippen molar-refractivity contribution in [2.75, 3.05) is 25.5 Å². The van der Waals surface area contributed by atoms with Crippen LogP contribution in [0.1, 0.15) is 69.2 Å². The van der Waals surface area contributed by atoms with Crippen LogP contribution in [-0.4, -0.2) is 65.1 Å². The molecule has 4 heterocycles. The predicted molar refractivity (Wildman–Crippen MR) is 141 cm³/mol. The SMILES string of the molecule is COC(=O)[C@@H]1CCN([C@@H]2CCCn3nc(C(=O)Nc4cccc(B5OC(C)(C)C(C)(C)O5)c4Cl)cc32)C1. The number of hydrogen-bond acceptors (Lipinski definition) is 7. The van der Waals surface area contributed by atoms with Gasteiger partial charge in [0.05, 0.1) is 46.7 Å². The van der Waals surface area contributed by atoms with E-state index in [0.717, 1.165) is 38.0 Å². The lowest BCUT2D eigenvalue weighted by Gasteiger charge is -2.32. The maximum Gasteiger partial charge on any atom is 0.496 e. The first-order valence-electron chi connectivity index (χ1n) is 12.9. The van der Waals surface area contributed by atoms with Gasteiger partial charge in [-0.25, -0.2) is 0 Å². The zero-order valence-electron chi connectivity index (χ0n) is 22.0. The number of esters is 1. The number of halogens is 1. The van der Waals surface area contributed by atoms with E-state index in [1.165, 1.54) is 7.11 Å². The van der Waals surface area contributed by atoms with Crippen LogP contribution in [0.25, 0.3) is 0 Å². The molecule has 2 aromatic rings. The first kappa shape index (κ1) is 26.2. The molecule has 5 rings (SSSR count). The Labute approximate surface area is 222 Å². The Bertz CT molecular complexity index is 1200. The van der Waals surface area contributed by atoms with Crippen molar-refractivity contribution in [3.63, 3.8) is 0 Å². The number of hydrogen-bond donors (Lipinski definition) is 1. The third-order valence-corrected chi connectivity index (χ3v) is 8.63. The number of methoxy groups -OCH3 is 1. The molecule has 1 aromatic carbocycles. The van der Waals surface area contributed by atoms with Gasteiger partial charge in [0.15, 0.2) is 5.69 Å². The van der Waals surface area contributed by atoms with Crippen LogP contribution in [-0.2, 0) is 25.4 Å². The number of nitrogens with zero attached hydrogens (tertiary/aromatic N) is 3. The molecule has 2 atom stereocenters. The zero-order valence-corrected chi connectivity index (χ0v) is 22.8. The third-order valence-electron chi connectivity index (χ3n) is 8.21. The van der Waals surface area contributed by atoms with Crippen molar-refractivity contribution in [1.82, 2.24) is 14.7 Å². The summed E-state index contributed by atoms with van der Waals surface area (Å²) in [5, 5.41) is 7.90. The van der Waals surface area contributed by atoms with Gasteiger partial charge in [-0.05, 0) is 65.6 Å². The van der Waals surface area contributed by atoms with Gasteiger partial charge in [0.25, 0.3) is 5.91 Å². The Morgan fingerprint density at radius 3 is 2.59 bits per heavy atom. The van der Waals surface area contributed by atoms with Crippen LogP contribution >= 0.6 is 11.6 Å². The van der Waals surface area contributed by atoms with Crippen LogP contribution in [0.2, 0.25) is 5.02 Å². The quantitative estimate of drug-likeness (QED) is 0.469. The van der Waals surface area contributed by atoms with Gasteiger partial charge in [0, 0.05) is 18.6 Å². The van der Waals surface area contributed by atoms with E-state index in [-0.39, 0.29) is 23.8 Å². The average Bonchev–Trinajstić information content (AvgIpc) is 3.56. The Balaban J connectivity index is 1.32. The van der Waals surface area contributed by atoms with Crippen LogP contribution in [0.5, 0.6) is 0 Å². The second-order valence-electron chi connectivity index (χ2n) is 11.1. The lowest BCUT2D eigenvalue weighted by molar-refractivity contribution is -0.145. The van der Waals surface area contributed by atoms with Gasteiger partial charge in [0.2, 0.25) is 0 Å². The number of likely N-dealkylation sites (tertiary alicyclic amines) is 1. The average molecular weight is 529 g/mol. The summed E-state index contributed by atoms with van der Waals surface area (Å²) in [6.45, 7) is 10.2. The van der Waals surface area contributed by atoms with Crippen molar-refractivity contribution in [2.24, 2.45) is 5.92 Å². The maximum atomic E-state index is 13.2. The molecule has 1 N–H and O–H groups in total.